The fraction of sp³-hybridized carbons (Fsp3) is 0.600. The van der Waals surface area contributed by atoms with Gasteiger partial charge >= 0.3 is 0 Å². The van der Waals surface area contributed by atoms with Crippen LogP contribution in [0.4, 0.5) is 4.39 Å². The van der Waals surface area contributed by atoms with Crippen LogP contribution < -0.4 is 10.6 Å². The number of nitrogens with one attached hydrogen (secondary N) is 2. The van der Waals surface area contributed by atoms with Gasteiger partial charge < -0.3 is 15.5 Å². The number of carbonyl (C=O) groups excluding carboxylic acids is 1. The van der Waals surface area contributed by atoms with Gasteiger partial charge in [0.2, 0.25) is 5.91 Å². The van der Waals surface area contributed by atoms with E-state index in [4.69, 9.17) is 0 Å². The molecule has 1 aromatic rings. The third kappa shape index (κ3) is 3.29. The Kier molecular flexibility index (Phi) is 4.37. The molecule has 1 atom stereocenters. The number of hydrogen-bond donors (Lipinski definition) is 2. The highest BCUT2D eigenvalue weighted by atomic mass is 19.1. The van der Waals surface area contributed by atoms with Gasteiger partial charge in [-0.25, -0.2) is 4.39 Å². The largest absolute Gasteiger partial charge is 0.355 e. The van der Waals surface area contributed by atoms with Crippen LogP contribution in [0.2, 0.25) is 0 Å². The number of halogens is 1. The van der Waals surface area contributed by atoms with E-state index in [1.807, 2.05) is 19.2 Å². The van der Waals surface area contributed by atoms with E-state index in [1.165, 1.54) is 5.56 Å². The first kappa shape index (κ1) is 17.3. The van der Waals surface area contributed by atoms with Crippen molar-refractivity contribution >= 4 is 11.9 Å². The second kappa shape index (κ2) is 6.56. The summed E-state index contributed by atoms with van der Waals surface area (Å²) in [7, 11) is 1.82. The van der Waals surface area contributed by atoms with Crippen molar-refractivity contribution in [3.05, 3.63) is 35.6 Å². The minimum absolute atomic E-state index is 0.0567. The summed E-state index contributed by atoms with van der Waals surface area (Å²) in [5.41, 5.74) is 1.35. The van der Waals surface area contributed by atoms with Gasteiger partial charge in [0.15, 0.2) is 5.96 Å². The maximum atomic E-state index is 13.2. The van der Waals surface area contributed by atoms with Crippen molar-refractivity contribution in [2.24, 2.45) is 10.4 Å². The Morgan fingerprint density at radius 1 is 1.31 bits per heavy atom. The van der Waals surface area contributed by atoms with Gasteiger partial charge in [0, 0.05) is 50.5 Å². The highest BCUT2D eigenvalue weighted by Crippen LogP contribution is 2.47. The van der Waals surface area contributed by atoms with Crippen molar-refractivity contribution in [1.29, 1.82) is 0 Å². The monoisotopic (exact) mass is 358 g/mol. The number of rotatable bonds is 3. The molecule has 1 spiro atoms. The molecule has 0 bridgehead atoms. The number of aliphatic imine (C=N–C) groups is 1. The Labute approximate surface area is 154 Å². The number of likely N-dealkylation sites (tertiary alicyclic amines) is 1. The molecule has 26 heavy (non-hydrogen) atoms. The zero-order chi connectivity index (χ0) is 18.2. The Morgan fingerprint density at radius 2 is 2.08 bits per heavy atom. The van der Waals surface area contributed by atoms with Crippen molar-refractivity contribution in [2.45, 2.75) is 37.5 Å². The number of benzene rings is 1. The number of piperidine rings is 1. The van der Waals surface area contributed by atoms with Gasteiger partial charge in [0.1, 0.15) is 5.82 Å². The van der Waals surface area contributed by atoms with Gasteiger partial charge in [0.05, 0.1) is 0 Å². The van der Waals surface area contributed by atoms with Crippen LogP contribution in [0.15, 0.2) is 29.3 Å². The Morgan fingerprint density at radius 3 is 2.69 bits per heavy atom. The maximum absolute atomic E-state index is 13.2. The van der Waals surface area contributed by atoms with Gasteiger partial charge in [-0.15, -0.1) is 0 Å². The average Bonchev–Trinajstić information content (AvgIpc) is 3.35. The fourth-order valence-corrected chi connectivity index (χ4v) is 4.53. The van der Waals surface area contributed by atoms with Crippen LogP contribution in [0.5, 0.6) is 0 Å². The van der Waals surface area contributed by atoms with Gasteiger partial charge in [-0.3, -0.25) is 9.79 Å². The number of carbonyl (C=O) groups is 1. The third-order valence-corrected chi connectivity index (χ3v) is 6.26. The van der Waals surface area contributed by atoms with Gasteiger partial charge in [-0.2, -0.15) is 0 Å². The van der Waals surface area contributed by atoms with Crippen LogP contribution >= 0.6 is 0 Å². The highest BCUT2D eigenvalue weighted by molar-refractivity contribution is 5.82. The lowest BCUT2D eigenvalue weighted by Gasteiger charge is -2.41. The van der Waals surface area contributed by atoms with Crippen LogP contribution in [-0.2, 0) is 10.2 Å². The lowest BCUT2D eigenvalue weighted by Crippen LogP contribution is -2.52. The summed E-state index contributed by atoms with van der Waals surface area (Å²) >= 11 is 0. The first-order valence-corrected chi connectivity index (χ1v) is 9.53. The molecule has 4 rings (SSSR count). The molecular weight excluding hydrogens is 331 g/mol. The van der Waals surface area contributed by atoms with Crippen LogP contribution in [0.25, 0.3) is 0 Å². The molecule has 3 aliphatic rings. The molecule has 2 aliphatic heterocycles. The molecule has 1 aromatic carbocycles. The van der Waals surface area contributed by atoms with E-state index in [-0.39, 0.29) is 22.6 Å². The third-order valence-electron chi connectivity index (χ3n) is 6.26. The summed E-state index contributed by atoms with van der Waals surface area (Å²) in [5, 5.41) is 6.54. The lowest BCUT2D eigenvalue weighted by molar-refractivity contribution is -0.119. The molecule has 1 saturated carbocycles. The predicted molar refractivity (Wildman–Crippen MR) is 99.5 cm³/mol. The van der Waals surface area contributed by atoms with Gasteiger partial charge in [0.25, 0.3) is 0 Å². The molecule has 6 heteroatoms. The normalized spacial score (nSPS) is 27.5. The van der Waals surface area contributed by atoms with E-state index in [0.717, 1.165) is 57.8 Å². The predicted octanol–water partition coefficient (Wildman–Crippen LogP) is 2.03. The molecular formula is C20H27FN4O. The van der Waals surface area contributed by atoms with Gasteiger partial charge in [-0.1, -0.05) is 12.1 Å². The van der Waals surface area contributed by atoms with Gasteiger partial charge in [-0.05, 0) is 43.4 Å². The van der Waals surface area contributed by atoms with Crippen molar-refractivity contribution in [1.82, 2.24) is 15.5 Å². The van der Waals surface area contributed by atoms with Crippen LogP contribution in [0.1, 0.15) is 37.7 Å². The summed E-state index contributed by atoms with van der Waals surface area (Å²) < 4.78 is 13.2. The summed E-state index contributed by atoms with van der Waals surface area (Å²) in [5.74, 6) is 0.895. The molecule has 0 radical (unpaired) electrons. The van der Waals surface area contributed by atoms with E-state index in [1.54, 1.807) is 12.1 Å². The quantitative estimate of drug-likeness (QED) is 0.642. The highest BCUT2D eigenvalue weighted by Gasteiger charge is 2.45. The molecule has 1 amide bonds. The molecule has 5 nitrogen and oxygen atoms in total. The number of hydrogen-bond acceptors (Lipinski definition) is 2. The molecule has 2 heterocycles. The van der Waals surface area contributed by atoms with E-state index >= 15 is 0 Å². The summed E-state index contributed by atoms with van der Waals surface area (Å²) in [4.78, 5) is 18.5. The molecule has 140 valence electrons. The number of guanidine groups is 1. The molecule has 2 N–H and O–H groups in total. The van der Waals surface area contributed by atoms with Crippen LogP contribution in [-0.4, -0.2) is 50.0 Å². The number of amides is 1. The minimum atomic E-state index is -0.188. The Balaban J connectivity index is 1.40. The first-order valence-electron chi connectivity index (χ1n) is 9.53. The molecule has 0 aromatic heterocycles. The van der Waals surface area contributed by atoms with E-state index in [2.05, 4.69) is 20.5 Å². The Hall–Kier alpha value is -2.11. The van der Waals surface area contributed by atoms with E-state index in [9.17, 15) is 9.18 Å². The van der Waals surface area contributed by atoms with Crippen molar-refractivity contribution in [3.63, 3.8) is 0 Å². The zero-order valence-corrected chi connectivity index (χ0v) is 15.4. The Bertz CT molecular complexity index is 713. The summed E-state index contributed by atoms with van der Waals surface area (Å²) in [6.45, 7) is 3.43. The van der Waals surface area contributed by atoms with Crippen molar-refractivity contribution in [3.8, 4) is 0 Å². The minimum Gasteiger partial charge on any atom is -0.355 e. The first-order chi connectivity index (χ1) is 12.5. The van der Waals surface area contributed by atoms with E-state index < -0.39 is 0 Å². The van der Waals surface area contributed by atoms with Crippen LogP contribution in [0.3, 0.4) is 0 Å². The number of nitrogens with zero attached hydrogens (tertiary/aromatic N) is 2. The zero-order valence-electron chi connectivity index (χ0n) is 15.4. The topological polar surface area (TPSA) is 56.7 Å². The molecule has 1 unspecified atom stereocenters. The molecule has 2 saturated heterocycles. The second-order valence-electron chi connectivity index (χ2n) is 8.17. The fourth-order valence-electron chi connectivity index (χ4n) is 4.53. The summed E-state index contributed by atoms with van der Waals surface area (Å²) in [6.07, 6.45) is 5.04. The van der Waals surface area contributed by atoms with Crippen molar-refractivity contribution < 1.29 is 9.18 Å². The molecule has 1 aliphatic carbocycles. The lowest BCUT2D eigenvalue weighted by atomic mass is 9.79. The molecule has 3 fully saturated rings. The maximum Gasteiger partial charge on any atom is 0.220 e. The van der Waals surface area contributed by atoms with E-state index in [0.29, 0.717) is 6.42 Å². The SMILES string of the molecule is CN=C(NCC1(c2ccc(F)cc2)CC1)N1CCCC2(CNC(=O)C2)C1. The second-order valence-corrected chi connectivity index (χ2v) is 8.17. The summed E-state index contributed by atoms with van der Waals surface area (Å²) in [6, 6.07) is 6.89. The average molecular weight is 358 g/mol. The van der Waals surface area contributed by atoms with Crippen LogP contribution in [0, 0.1) is 11.2 Å². The smallest absolute Gasteiger partial charge is 0.220 e. The standard InChI is InChI=1S/C20H27FN4O/c1-22-18(25-10-2-7-19(14-25)11-17(26)23-12-19)24-13-20(8-9-20)15-3-5-16(21)6-4-15/h3-6H,2,7-14H2,1H3,(H,22,24)(H,23,26). The van der Waals surface area contributed by atoms with Crippen molar-refractivity contribution in [2.75, 3.05) is 33.2 Å².